The quantitative estimate of drug-likeness (QED) is 0.319. The molecule has 18 heavy (non-hydrogen) atoms. The van der Waals surface area contributed by atoms with Crippen molar-refractivity contribution < 1.29 is 15.0 Å². The molecule has 0 amide bonds. The van der Waals surface area contributed by atoms with E-state index in [0.29, 0.717) is 6.42 Å². The third-order valence-corrected chi connectivity index (χ3v) is 2.90. The lowest BCUT2D eigenvalue weighted by molar-refractivity contribution is -0.144. The summed E-state index contributed by atoms with van der Waals surface area (Å²) in [6.45, 7) is 1.99. The molecule has 0 unspecified atom stereocenters. The molecule has 0 heterocycles. The van der Waals surface area contributed by atoms with Crippen LogP contribution in [0.5, 0.6) is 0 Å². The topological polar surface area (TPSA) is 122 Å². The molecule has 0 aromatic heterocycles. The third kappa shape index (κ3) is 3.10. The van der Waals surface area contributed by atoms with Crippen molar-refractivity contribution >= 4 is 11.9 Å². The summed E-state index contributed by atoms with van der Waals surface area (Å²) in [7, 11) is 0. The average Bonchev–Trinajstić information content (AvgIpc) is 2.27. The fourth-order valence-electron chi connectivity index (χ4n) is 1.82. The zero-order chi connectivity index (χ0) is 13.8. The van der Waals surface area contributed by atoms with E-state index in [9.17, 15) is 15.0 Å². The number of unbranched alkanes of at least 4 members (excludes halogenated alkanes) is 1. The van der Waals surface area contributed by atoms with Crippen LogP contribution in [0.2, 0.25) is 0 Å². The molecule has 0 aromatic rings. The summed E-state index contributed by atoms with van der Waals surface area (Å²) in [6.07, 6.45) is 7.64. The standard InChI is InChI=1S/C12H19N3O3/c1-2-3-4-11(9(16)17)5-7-12(18,8-6-11)15-10(13)14/h5-8,18H,2-4H2,1H3,(H,16,17)(H4,13,14,15). The molecule has 6 nitrogen and oxygen atoms in total. The van der Waals surface area contributed by atoms with E-state index in [4.69, 9.17) is 11.5 Å². The molecule has 0 bridgehead atoms. The minimum atomic E-state index is -1.65. The highest BCUT2D eigenvalue weighted by Crippen LogP contribution is 2.34. The van der Waals surface area contributed by atoms with Gasteiger partial charge in [-0.3, -0.25) is 4.79 Å². The van der Waals surface area contributed by atoms with Gasteiger partial charge in [0.1, 0.15) is 5.41 Å². The average molecular weight is 253 g/mol. The van der Waals surface area contributed by atoms with Crippen LogP contribution in [0.15, 0.2) is 29.3 Å². The monoisotopic (exact) mass is 253 g/mol. The summed E-state index contributed by atoms with van der Waals surface area (Å²) in [5.41, 5.74) is 7.67. The zero-order valence-electron chi connectivity index (χ0n) is 10.3. The van der Waals surface area contributed by atoms with Crippen LogP contribution in [0.25, 0.3) is 0 Å². The number of guanidine groups is 1. The Hall–Kier alpha value is -1.82. The summed E-state index contributed by atoms with van der Waals surface area (Å²) >= 11 is 0. The van der Waals surface area contributed by atoms with Crippen LogP contribution in [0.1, 0.15) is 26.2 Å². The van der Waals surface area contributed by atoms with Crippen molar-refractivity contribution in [1.82, 2.24) is 0 Å². The smallest absolute Gasteiger partial charge is 0.317 e. The van der Waals surface area contributed by atoms with Gasteiger partial charge in [0.25, 0.3) is 0 Å². The number of rotatable bonds is 5. The molecule has 0 saturated heterocycles. The number of aliphatic carboxylic acids is 1. The van der Waals surface area contributed by atoms with E-state index >= 15 is 0 Å². The number of carboxylic acid groups (broad SMARTS) is 1. The Labute approximate surface area is 106 Å². The maximum absolute atomic E-state index is 11.3. The van der Waals surface area contributed by atoms with Crippen LogP contribution in [-0.2, 0) is 4.79 Å². The Balaban J connectivity index is 2.97. The van der Waals surface area contributed by atoms with Gasteiger partial charge in [0.2, 0.25) is 0 Å². The summed E-state index contributed by atoms with van der Waals surface area (Å²) in [5, 5.41) is 19.3. The molecule has 1 aliphatic carbocycles. The van der Waals surface area contributed by atoms with E-state index in [0.717, 1.165) is 12.8 Å². The van der Waals surface area contributed by atoms with E-state index < -0.39 is 17.1 Å². The molecule has 0 saturated carbocycles. The number of aliphatic imine (C=N–C) groups is 1. The maximum Gasteiger partial charge on any atom is 0.317 e. The number of carboxylic acids is 1. The molecule has 1 aliphatic rings. The number of hydrogen-bond donors (Lipinski definition) is 4. The molecule has 0 atom stereocenters. The molecule has 0 aliphatic heterocycles. The minimum Gasteiger partial charge on any atom is -0.480 e. The number of aliphatic hydroxyl groups is 1. The zero-order valence-corrected chi connectivity index (χ0v) is 10.3. The van der Waals surface area contributed by atoms with Crippen molar-refractivity contribution in [3.8, 4) is 0 Å². The van der Waals surface area contributed by atoms with Crippen LogP contribution in [-0.4, -0.2) is 27.9 Å². The summed E-state index contributed by atoms with van der Waals surface area (Å²) in [5.74, 6) is -1.21. The highest BCUT2D eigenvalue weighted by molar-refractivity contribution is 5.81. The summed E-state index contributed by atoms with van der Waals surface area (Å²) in [4.78, 5) is 15.0. The Kier molecular flexibility index (Phi) is 4.13. The second kappa shape index (κ2) is 5.22. The minimum absolute atomic E-state index is 0.261. The lowest BCUT2D eigenvalue weighted by Gasteiger charge is -2.29. The number of carbonyl (C=O) groups is 1. The van der Waals surface area contributed by atoms with E-state index in [2.05, 4.69) is 4.99 Å². The first-order valence-electron chi connectivity index (χ1n) is 5.81. The summed E-state index contributed by atoms with van der Waals surface area (Å²) < 4.78 is 0. The Morgan fingerprint density at radius 1 is 1.28 bits per heavy atom. The van der Waals surface area contributed by atoms with Gasteiger partial charge in [0.15, 0.2) is 11.7 Å². The van der Waals surface area contributed by atoms with Crippen molar-refractivity contribution in [1.29, 1.82) is 0 Å². The lowest BCUT2D eigenvalue weighted by Crippen LogP contribution is -2.36. The molecule has 0 fully saturated rings. The van der Waals surface area contributed by atoms with E-state index in [1.54, 1.807) is 0 Å². The first-order valence-corrected chi connectivity index (χ1v) is 5.81. The van der Waals surface area contributed by atoms with Crippen LogP contribution >= 0.6 is 0 Å². The predicted molar refractivity (Wildman–Crippen MR) is 68.6 cm³/mol. The van der Waals surface area contributed by atoms with Crippen molar-refractivity contribution in [3.05, 3.63) is 24.3 Å². The van der Waals surface area contributed by atoms with E-state index in [-0.39, 0.29) is 5.96 Å². The van der Waals surface area contributed by atoms with Gasteiger partial charge in [0, 0.05) is 0 Å². The van der Waals surface area contributed by atoms with Crippen LogP contribution in [0.4, 0.5) is 0 Å². The van der Waals surface area contributed by atoms with Gasteiger partial charge in [-0.15, -0.1) is 0 Å². The van der Waals surface area contributed by atoms with Gasteiger partial charge in [-0.2, -0.15) is 0 Å². The second-order valence-electron chi connectivity index (χ2n) is 4.44. The number of nitrogens with two attached hydrogens (primary N) is 2. The van der Waals surface area contributed by atoms with Crippen molar-refractivity contribution in [2.24, 2.45) is 21.9 Å². The normalized spacial score (nSPS) is 30.1. The van der Waals surface area contributed by atoms with Crippen molar-refractivity contribution in [2.75, 3.05) is 0 Å². The SMILES string of the molecule is CCCCC1(C(=O)O)C=CC(O)(N=C(N)N)C=C1. The van der Waals surface area contributed by atoms with Crippen LogP contribution in [0.3, 0.4) is 0 Å². The second-order valence-corrected chi connectivity index (χ2v) is 4.44. The van der Waals surface area contributed by atoms with Crippen molar-refractivity contribution in [2.45, 2.75) is 31.9 Å². The molecular formula is C12H19N3O3. The van der Waals surface area contributed by atoms with Crippen LogP contribution in [0, 0.1) is 5.41 Å². The molecule has 100 valence electrons. The molecule has 1 rings (SSSR count). The number of hydrogen-bond acceptors (Lipinski definition) is 3. The molecule has 0 spiro atoms. The van der Waals surface area contributed by atoms with Gasteiger partial charge in [-0.1, -0.05) is 31.9 Å². The van der Waals surface area contributed by atoms with Crippen molar-refractivity contribution in [3.63, 3.8) is 0 Å². The molecular weight excluding hydrogens is 234 g/mol. The molecule has 0 radical (unpaired) electrons. The lowest BCUT2D eigenvalue weighted by atomic mass is 9.78. The Morgan fingerprint density at radius 3 is 2.22 bits per heavy atom. The Morgan fingerprint density at radius 2 is 1.83 bits per heavy atom. The fourth-order valence-corrected chi connectivity index (χ4v) is 1.82. The van der Waals surface area contributed by atoms with E-state index in [1.165, 1.54) is 24.3 Å². The van der Waals surface area contributed by atoms with Crippen LogP contribution < -0.4 is 11.5 Å². The van der Waals surface area contributed by atoms with Gasteiger partial charge >= 0.3 is 5.97 Å². The largest absolute Gasteiger partial charge is 0.480 e. The number of nitrogens with zero attached hydrogens (tertiary/aromatic N) is 1. The maximum atomic E-state index is 11.3. The van der Waals surface area contributed by atoms with E-state index in [1.807, 2.05) is 6.92 Å². The first-order chi connectivity index (χ1) is 8.33. The highest BCUT2D eigenvalue weighted by atomic mass is 16.4. The van der Waals surface area contributed by atoms with Gasteiger partial charge < -0.3 is 21.7 Å². The first kappa shape index (κ1) is 14.2. The van der Waals surface area contributed by atoms with Gasteiger partial charge in [0.05, 0.1) is 0 Å². The summed E-state index contributed by atoms with van der Waals surface area (Å²) in [6, 6.07) is 0. The predicted octanol–water partition coefficient (Wildman–Crippen LogP) is 0.336. The molecule has 6 N–H and O–H groups in total. The fraction of sp³-hybridized carbons (Fsp3) is 0.500. The third-order valence-electron chi connectivity index (χ3n) is 2.90. The molecule has 0 aromatic carbocycles. The van der Waals surface area contributed by atoms with Gasteiger partial charge in [-0.05, 0) is 18.6 Å². The highest BCUT2D eigenvalue weighted by Gasteiger charge is 2.37. The van der Waals surface area contributed by atoms with Gasteiger partial charge in [-0.25, -0.2) is 4.99 Å². The Bertz CT molecular complexity index is 395. The molecule has 6 heteroatoms.